The van der Waals surface area contributed by atoms with Gasteiger partial charge in [0.25, 0.3) is 11.5 Å². The van der Waals surface area contributed by atoms with Crippen LogP contribution in [0, 0.1) is 13.8 Å². The van der Waals surface area contributed by atoms with Gasteiger partial charge >= 0.3 is 5.97 Å². The van der Waals surface area contributed by atoms with Crippen molar-refractivity contribution in [1.82, 2.24) is 9.55 Å². The molecule has 0 atom stereocenters. The van der Waals surface area contributed by atoms with Crippen molar-refractivity contribution >= 4 is 28.7 Å². The lowest BCUT2D eigenvalue weighted by molar-refractivity contribution is -0.119. The minimum atomic E-state index is -0.810. The van der Waals surface area contributed by atoms with Crippen molar-refractivity contribution in [3.63, 3.8) is 0 Å². The predicted molar refractivity (Wildman–Crippen MR) is 108 cm³/mol. The molecule has 0 saturated heterocycles. The third-order valence-corrected chi connectivity index (χ3v) is 4.68. The Balaban J connectivity index is 1.78. The number of carbonyl (C=O) groups is 2. The van der Waals surface area contributed by atoms with E-state index in [-0.39, 0.29) is 28.3 Å². The highest BCUT2D eigenvalue weighted by molar-refractivity contribution is 6.04. The Morgan fingerprint density at radius 3 is 2.69 bits per heavy atom. The van der Waals surface area contributed by atoms with Gasteiger partial charge < -0.3 is 19.0 Å². The van der Waals surface area contributed by atoms with E-state index in [1.54, 1.807) is 6.92 Å². The molecule has 29 heavy (non-hydrogen) atoms. The van der Waals surface area contributed by atoms with Gasteiger partial charge in [0.15, 0.2) is 6.61 Å². The number of aromatic nitrogens is 2. The van der Waals surface area contributed by atoms with Crippen molar-refractivity contribution in [3.8, 4) is 0 Å². The third-order valence-electron chi connectivity index (χ3n) is 4.68. The van der Waals surface area contributed by atoms with Gasteiger partial charge in [0.1, 0.15) is 23.0 Å². The van der Waals surface area contributed by atoms with E-state index in [1.165, 1.54) is 17.9 Å². The number of anilines is 1. The van der Waals surface area contributed by atoms with Crippen LogP contribution in [-0.4, -0.2) is 28.0 Å². The highest BCUT2D eigenvalue weighted by atomic mass is 16.5. The second-order valence-electron chi connectivity index (χ2n) is 7.19. The number of nitrogens with zero attached hydrogens (tertiary/aromatic N) is 2. The molecule has 152 valence electrons. The molecule has 0 spiro atoms. The monoisotopic (exact) mass is 397 g/mol. The highest BCUT2D eigenvalue weighted by Gasteiger charge is 2.24. The summed E-state index contributed by atoms with van der Waals surface area (Å²) in [4.78, 5) is 41.3. The molecule has 0 aliphatic rings. The predicted octanol–water partition coefficient (Wildman–Crippen LogP) is 3.06. The maximum atomic E-state index is 12.6. The van der Waals surface area contributed by atoms with Crippen LogP contribution in [-0.2, 0) is 16.6 Å². The summed E-state index contributed by atoms with van der Waals surface area (Å²) in [5.74, 6) is -0.847. The normalized spacial score (nSPS) is 11.1. The first-order chi connectivity index (χ1) is 13.7. The smallest absolute Gasteiger partial charge is 0.343 e. The Bertz CT molecular complexity index is 1160. The van der Waals surface area contributed by atoms with Crippen LogP contribution >= 0.6 is 0 Å². The van der Waals surface area contributed by atoms with Gasteiger partial charge in [-0.2, -0.15) is 0 Å². The number of carbonyl (C=O) groups excluding carboxylic acids is 2. The number of benzene rings is 1. The largest absolute Gasteiger partial charge is 0.452 e. The zero-order chi connectivity index (χ0) is 21.3. The molecule has 0 fully saturated rings. The maximum Gasteiger partial charge on any atom is 0.343 e. The standard InChI is InChI=1S/C21H23N3O5/c1-11(2)14-8-6-7-12(3)18(14)23-15(25)9-28-21(27)16-13(4)29-19-17(16)20(26)24(5)10-22-19/h6-8,10-11H,9H2,1-5H3,(H,23,25). The van der Waals surface area contributed by atoms with E-state index in [9.17, 15) is 14.4 Å². The van der Waals surface area contributed by atoms with Gasteiger partial charge in [-0.15, -0.1) is 0 Å². The van der Waals surface area contributed by atoms with Crippen LogP contribution in [0.25, 0.3) is 11.1 Å². The SMILES string of the molecule is Cc1cccc(C(C)C)c1NC(=O)COC(=O)c1c(C)oc2ncn(C)c(=O)c12. The Kier molecular flexibility index (Phi) is 5.54. The minimum absolute atomic E-state index is 0.0136. The molecular formula is C21H23N3O5. The summed E-state index contributed by atoms with van der Waals surface area (Å²) in [5, 5.41) is 2.86. The molecule has 0 radical (unpaired) electrons. The summed E-state index contributed by atoms with van der Waals surface area (Å²) in [6.07, 6.45) is 1.31. The number of ether oxygens (including phenoxy) is 1. The minimum Gasteiger partial charge on any atom is -0.452 e. The van der Waals surface area contributed by atoms with Crippen molar-refractivity contribution in [3.05, 3.63) is 57.3 Å². The topological polar surface area (TPSA) is 103 Å². The number of nitrogens with one attached hydrogen (secondary N) is 1. The van der Waals surface area contributed by atoms with Crippen LogP contribution in [0.15, 0.2) is 33.7 Å². The van der Waals surface area contributed by atoms with Crippen LogP contribution < -0.4 is 10.9 Å². The Morgan fingerprint density at radius 1 is 1.28 bits per heavy atom. The number of furan rings is 1. The average molecular weight is 397 g/mol. The summed E-state index contributed by atoms with van der Waals surface area (Å²) in [5.41, 5.74) is 2.25. The fraction of sp³-hybridized carbons (Fsp3) is 0.333. The first-order valence-electron chi connectivity index (χ1n) is 9.22. The van der Waals surface area contributed by atoms with Gasteiger partial charge in [0, 0.05) is 12.7 Å². The van der Waals surface area contributed by atoms with Crippen LogP contribution in [0.4, 0.5) is 5.69 Å². The second-order valence-corrected chi connectivity index (χ2v) is 7.19. The van der Waals surface area contributed by atoms with E-state index < -0.39 is 24.0 Å². The van der Waals surface area contributed by atoms with Gasteiger partial charge in [-0.05, 0) is 30.9 Å². The molecule has 0 bridgehead atoms. The molecule has 8 nitrogen and oxygen atoms in total. The van der Waals surface area contributed by atoms with Crippen LogP contribution in [0.1, 0.15) is 47.0 Å². The molecule has 2 heterocycles. The number of fused-ring (bicyclic) bond motifs is 1. The van der Waals surface area contributed by atoms with E-state index in [4.69, 9.17) is 9.15 Å². The number of amides is 1. The number of esters is 1. The quantitative estimate of drug-likeness (QED) is 0.664. The fourth-order valence-corrected chi connectivity index (χ4v) is 3.15. The molecule has 1 amide bonds. The van der Waals surface area contributed by atoms with Crippen molar-refractivity contribution < 1.29 is 18.7 Å². The molecule has 1 N–H and O–H groups in total. The number of rotatable bonds is 5. The molecule has 0 aliphatic carbocycles. The van der Waals surface area contributed by atoms with Crippen LogP contribution in [0.2, 0.25) is 0 Å². The van der Waals surface area contributed by atoms with Gasteiger partial charge in [-0.1, -0.05) is 32.0 Å². The van der Waals surface area contributed by atoms with Crippen molar-refractivity contribution in [2.75, 3.05) is 11.9 Å². The Hall–Kier alpha value is -3.42. The molecule has 3 rings (SSSR count). The van der Waals surface area contributed by atoms with E-state index in [0.29, 0.717) is 5.69 Å². The molecule has 3 aromatic rings. The molecule has 0 unspecified atom stereocenters. The molecule has 0 saturated carbocycles. The average Bonchev–Trinajstić information content (AvgIpc) is 3.01. The first kappa shape index (κ1) is 20.3. The number of hydrogen-bond donors (Lipinski definition) is 1. The summed E-state index contributed by atoms with van der Waals surface area (Å²) in [6, 6.07) is 5.78. The van der Waals surface area contributed by atoms with E-state index in [1.807, 2.05) is 39.0 Å². The van der Waals surface area contributed by atoms with E-state index in [0.717, 1.165) is 11.1 Å². The lowest BCUT2D eigenvalue weighted by Crippen LogP contribution is -2.23. The molecule has 1 aromatic carbocycles. The van der Waals surface area contributed by atoms with Gasteiger partial charge in [0.2, 0.25) is 5.71 Å². The zero-order valence-electron chi connectivity index (χ0n) is 17.0. The number of hydrogen-bond acceptors (Lipinski definition) is 6. The summed E-state index contributed by atoms with van der Waals surface area (Å²) in [6.45, 7) is 7.02. The maximum absolute atomic E-state index is 12.6. The lowest BCUT2D eigenvalue weighted by Gasteiger charge is -2.16. The van der Waals surface area contributed by atoms with Gasteiger partial charge in [0.05, 0.1) is 0 Å². The first-order valence-corrected chi connectivity index (χ1v) is 9.22. The molecule has 8 heteroatoms. The van der Waals surface area contributed by atoms with Crippen LogP contribution in [0.5, 0.6) is 0 Å². The van der Waals surface area contributed by atoms with E-state index >= 15 is 0 Å². The molecular weight excluding hydrogens is 374 g/mol. The van der Waals surface area contributed by atoms with Gasteiger partial charge in [-0.3, -0.25) is 9.59 Å². The molecule has 0 aliphatic heterocycles. The Labute approximate surface area is 167 Å². The van der Waals surface area contributed by atoms with E-state index in [2.05, 4.69) is 10.3 Å². The van der Waals surface area contributed by atoms with Crippen LogP contribution in [0.3, 0.4) is 0 Å². The lowest BCUT2D eigenvalue weighted by atomic mass is 9.98. The summed E-state index contributed by atoms with van der Waals surface area (Å²) < 4.78 is 11.8. The van der Waals surface area contributed by atoms with Crippen molar-refractivity contribution in [2.45, 2.75) is 33.6 Å². The van der Waals surface area contributed by atoms with Crippen molar-refractivity contribution in [1.29, 1.82) is 0 Å². The number of para-hydroxylation sites is 1. The third kappa shape index (κ3) is 3.91. The highest BCUT2D eigenvalue weighted by Crippen LogP contribution is 2.27. The molecule has 2 aromatic heterocycles. The fourth-order valence-electron chi connectivity index (χ4n) is 3.15. The Morgan fingerprint density at radius 2 is 2.00 bits per heavy atom. The zero-order valence-corrected chi connectivity index (χ0v) is 17.0. The summed E-state index contributed by atoms with van der Waals surface area (Å²) in [7, 11) is 1.52. The second kappa shape index (κ2) is 7.90. The summed E-state index contributed by atoms with van der Waals surface area (Å²) >= 11 is 0. The van der Waals surface area contributed by atoms with Gasteiger partial charge in [-0.25, -0.2) is 9.78 Å². The van der Waals surface area contributed by atoms with Crippen molar-refractivity contribution in [2.24, 2.45) is 7.05 Å². The number of aryl methyl sites for hydroxylation is 3.